The number of hydrogen-bond donors (Lipinski definition) is 1. The smallest absolute Gasteiger partial charge is 0.374 e. The zero-order valence-corrected chi connectivity index (χ0v) is 29.6. The van der Waals surface area contributed by atoms with Crippen molar-refractivity contribution in [2.75, 3.05) is 26.4 Å². The Hall–Kier alpha value is 0.0569. The minimum atomic E-state index is -2.42. The van der Waals surface area contributed by atoms with E-state index in [1.165, 1.54) is 180 Å². The van der Waals surface area contributed by atoms with Gasteiger partial charge in [-0.2, -0.15) is 0 Å². The van der Waals surface area contributed by atoms with Crippen LogP contribution in [0.15, 0.2) is 0 Å². The highest BCUT2D eigenvalue weighted by molar-refractivity contribution is 6.60. The van der Waals surface area contributed by atoms with Crippen LogP contribution < -0.4 is 5.73 Å². The van der Waals surface area contributed by atoms with Crippen molar-refractivity contribution in [1.29, 1.82) is 0 Å². The van der Waals surface area contributed by atoms with Crippen molar-refractivity contribution in [1.82, 2.24) is 0 Å². The molecule has 0 rings (SSSR count). The van der Waals surface area contributed by atoms with Gasteiger partial charge in [0.2, 0.25) is 0 Å². The Morgan fingerprint density at radius 1 is 0.317 bits per heavy atom. The standard InChI is InChI=1S/C36H77NO3Si/c1-4-38-41(39-5-2,40-6-3)36-34-32-30-28-26-24-22-20-18-16-14-12-10-8-7-9-11-13-15-17-19-21-23-25-27-29-31-33-35-37/h4-37H2,1-3H3. The van der Waals surface area contributed by atoms with Gasteiger partial charge in [0, 0.05) is 25.9 Å². The van der Waals surface area contributed by atoms with Gasteiger partial charge in [0.05, 0.1) is 0 Å². The molecule has 0 aromatic rings. The summed E-state index contributed by atoms with van der Waals surface area (Å²) in [6, 6.07) is 0.972. The van der Waals surface area contributed by atoms with Gasteiger partial charge in [-0.3, -0.25) is 0 Å². The van der Waals surface area contributed by atoms with Gasteiger partial charge in [-0.25, -0.2) is 0 Å². The predicted molar refractivity (Wildman–Crippen MR) is 184 cm³/mol. The van der Waals surface area contributed by atoms with Crippen molar-refractivity contribution in [3.8, 4) is 0 Å². The zero-order chi connectivity index (χ0) is 30.0. The molecule has 248 valence electrons. The van der Waals surface area contributed by atoms with E-state index in [1.807, 2.05) is 20.8 Å². The number of rotatable bonds is 36. The fourth-order valence-corrected chi connectivity index (χ4v) is 8.77. The molecule has 0 amide bonds. The SMILES string of the molecule is CCO[Si](CCCCCCCCCCCCCCCCCCCCCCCCCCCCCCN)(OCC)OCC. The van der Waals surface area contributed by atoms with Crippen LogP contribution in [0.4, 0.5) is 0 Å². The first-order valence-electron chi connectivity index (χ1n) is 18.9. The maximum atomic E-state index is 5.97. The molecule has 5 heteroatoms. The summed E-state index contributed by atoms with van der Waals surface area (Å²) in [6.07, 6.45) is 39.6. The van der Waals surface area contributed by atoms with Crippen molar-refractivity contribution in [2.45, 2.75) is 207 Å². The average molecular weight is 600 g/mol. The molecule has 0 bridgehead atoms. The third-order valence-electron chi connectivity index (χ3n) is 8.53. The van der Waals surface area contributed by atoms with E-state index < -0.39 is 8.80 Å². The average Bonchev–Trinajstić information content (AvgIpc) is 2.97. The predicted octanol–water partition coefficient (Wildman–Crippen LogP) is 11.9. The molecule has 0 spiro atoms. The van der Waals surface area contributed by atoms with E-state index in [9.17, 15) is 0 Å². The van der Waals surface area contributed by atoms with Crippen LogP contribution in [0.2, 0.25) is 6.04 Å². The summed E-state index contributed by atoms with van der Waals surface area (Å²) in [4.78, 5) is 0. The maximum absolute atomic E-state index is 5.97. The summed E-state index contributed by atoms with van der Waals surface area (Å²) in [5.74, 6) is 0. The van der Waals surface area contributed by atoms with E-state index in [4.69, 9.17) is 19.0 Å². The Morgan fingerprint density at radius 3 is 0.707 bits per heavy atom. The Kier molecular flexibility index (Phi) is 34.6. The monoisotopic (exact) mass is 600 g/mol. The summed E-state index contributed by atoms with van der Waals surface area (Å²) < 4.78 is 17.9. The lowest BCUT2D eigenvalue weighted by molar-refractivity contribution is 0.0706. The van der Waals surface area contributed by atoms with E-state index in [2.05, 4.69) is 0 Å². The van der Waals surface area contributed by atoms with Crippen molar-refractivity contribution in [3.05, 3.63) is 0 Å². The van der Waals surface area contributed by atoms with Gasteiger partial charge in [-0.15, -0.1) is 0 Å². The van der Waals surface area contributed by atoms with Gasteiger partial charge >= 0.3 is 8.80 Å². The van der Waals surface area contributed by atoms with Crippen molar-refractivity contribution in [2.24, 2.45) is 5.73 Å². The molecular weight excluding hydrogens is 522 g/mol. The summed E-state index contributed by atoms with van der Waals surface area (Å²) in [5.41, 5.74) is 5.55. The molecule has 0 saturated heterocycles. The fourth-order valence-electron chi connectivity index (χ4n) is 6.08. The molecule has 4 nitrogen and oxygen atoms in total. The van der Waals surface area contributed by atoms with Crippen molar-refractivity contribution < 1.29 is 13.3 Å². The molecule has 0 saturated carbocycles. The van der Waals surface area contributed by atoms with Crippen LogP contribution in [-0.2, 0) is 13.3 Å². The second-order valence-corrected chi connectivity index (χ2v) is 15.2. The maximum Gasteiger partial charge on any atom is 0.500 e. The number of nitrogens with two attached hydrogens (primary N) is 1. The quantitative estimate of drug-likeness (QED) is 0.0575. The van der Waals surface area contributed by atoms with Gasteiger partial charge in [-0.1, -0.05) is 167 Å². The third kappa shape index (κ3) is 29.9. The third-order valence-corrected chi connectivity index (χ3v) is 11.7. The molecule has 0 aliphatic rings. The highest BCUT2D eigenvalue weighted by atomic mass is 28.4. The first kappa shape index (κ1) is 41.1. The molecule has 0 aromatic carbocycles. The first-order valence-corrected chi connectivity index (χ1v) is 20.8. The van der Waals surface area contributed by atoms with Crippen LogP contribution in [0.1, 0.15) is 201 Å². The summed E-state index contributed by atoms with van der Waals surface area (Å²) in [7, 11) is -2.42. The van der Waals surface area contributed by atoms with Crippen LogP contribution in [0.3, 0.4) is 0 Å². The Bertz CT molecular complexity index is 463. The highest BCUT2D eigenvalue weighted by Crippen LogP contribution is 2.21. The van der Waals surface area contributed by atoms with E-state index in [0.29, 0.717) is 19.8 Å². The molecule has 0 radical (unpaired) electrons. The molecule has 0 aliphatic carbocycles. The largest absolute Gasteiger partial charge is 0.500 e. The van der Waals surface area contributed by atoms with Crippen LogP contribution in [0.5, 0.6) is 0 Å². The Labute approximate surface area is 260 Å². The highest BCUT2D eigenvalue weighted by Gasteiger charge is 2.39. The number of hydrogen-bond acceptors (Lipinski definition) is 4. The van der Waals surface area contributed by atoms with Crippen molar-refractivity contribution >= 4 is 8.80 Å². The molecule has 0 unspecified atom stereocenters. The lowest BCUT2D eigenvalue weighted by Gasteiger charge is -2.28. The molecule has 0 aliphatic heterocycles. The lowest BCUT2D eigenvalue weighted by Crippen LogP contribution is -2.45. The lowest BCUT2D eigenvalue weighted by atomic mass is 10.0. The van der Waals surface area contributed by atoms with E-state index in [-0.39, 0.29) is 0 Å². The van der Waals surface area contributed by atoms with Crippen molar-refractivity contribution in [3.63, 3.8) is 0 Å². The molecule has 0 fully saturated rings. The molecule has 0 heterocycles. The van der Waals surface area contributed by atoms with E-state index in [0.717, 1.165) is 12.6 Å². The fraction of sp³-hybridized carbons (Fsp3) is 1.00. The first-order chi connectivity index (χ1) is 20.2. The van der Waals surface area contributed by atoms with Crippen LogP contribution in [0, 0.1) is 0 Å². The van der Waals surface area contributed by atoms with Gasteiger partial charge in [0.25, 0.3) is 0 Å². The Morgan fingerprint density at radius 2 is 0.512 bits per heavy atom. The topological polar surface area (TPSA) is 53.7 Å². The van der Waals surface area contributed by atoms with Crippen LogP contribution in [0.25, 0.3) is 0 Å². The molecule has 0 aromatic heterocycles. The molecule has 0 atom stereocenters. The van der Waals surface area contributed by atoms with Gasteiger partial charge in [0.15, 0.2) is 0 Å². The minimum absolute atomic E-state index is 0.685. The van der Waals surface area contributed by atoms with E-state index >= 15 is 0 Å². The number of unbranched alkanes of at least 4 members (excludes halogenated alkanes) is 27. The Balaban J connectivity index is 3.25. The van der Waals surface area contributed by atoms with Gasteiger partial charge in [0.1, 0.15) is 0 Å². The second-order valence-electron chi connectivity index (χ2n) is 12.4. The van der Waals surface area contributed by atoms with Crippen LogP contribution in [-0.4, -0.2) is 35.2 Å². The van der Waals surface area contributed by atoms with Gasteiger partial charge < -0.3 is 19.0 Å². The molecule has 2 N–H and O–H groups in total. The summed E-state index contributed by atoms with van der Waals surface area (Å²) >= 11 is 0. The minimum Gasteiger partial charge on any atom is -0.374 e. The summed E-state index contributed by atoms with van der Waals surface area (Å²) in [5, 5.41) is 0. The van der Waals surface area contributed by atoms with Crippen LogP contribution >= 0.6 is 0 Å². The second kappa shape index (κ2) is 34.5. The summed E-state index contributed by atoms with van der Waals surface area (Å²) in [6.45, 7) is 9.05. The molecule has 41 heavy (non-hydrogen) atoms. The zero-order valence-electron chi connectivity index (χ0n) is 28.6. The van der Waals surface area contributed by atoms with Gasteiger partial charge in [-0.05, 0) is 40.2 Å². The molecular formula is C36H77NO3Si. The normalized spacial score (nSPS) is 12.0. The van der Waals surface area contributed by atoms with E-state index in [1.54, 1.807) is 0 Å².